The molecule has 1 saturated heterocycles. The fourth-order valence-electron chi connectivity index (χ4n) is 1.95. The van der Waals surface area contributed by atoms with E-state index in [1.807, 2.05) is 20.8 Å². The quantitative estimate of drug-likeness (QED) is 0.796. The van der Waals surface area contributed by atoms with Gasteiger partial charge in [0.2, 0.25) is 0 Å². The summed E-state index contributed by atoms with van der Waals surface area (Å²) in [4.78, 5) is 13.8. The zero-order chi connectivity index (χ0) is 16.6. The molecule has 0 aromatic rings. The van der Waals surface area contributed by atoms with Gasteiger partial charge in [0.25, 0.3) is 0 Å². The van der Waals surface area contributed by atoms with E-state index in [-0.39, 0.29) is 23.3 Å². The number of likely N-dealkylation sites (tertiary alicyclic amines) is 1. The van der Waals surface area contributed by atoms with Gasteiger partial charge >= 0.3 is 6.09 Å². The third-order valence-electron chi connectivity index (χ3n) is 4.21. The molecule has 2 N–H and O–H groups in total. The Bertz CT molecular complexity index is 385. The van der Waals surface area contributed by atoms with Gasteiger partial charge in [0.15, 0.2) is 8.32 Å². The monoisotopic (exact) mass is 316 g/mol. The number of carbonyl (C=O) groups is 1. The lowest BCUT2D eigenvalue weighted by atomic mass is 10.2. The predicted octanol–water partition coefficient (Wildman–Crippen LogP) is 2.95. The molecule has 0 radical (unpaired) electrons. The maximum Gasteiger partial charge on any atom is 0.410 e. The summed E-state index contributed by atoms with van der Waals surface area (Å²) < 4.78 is 11.8. The largest absolute Gasteiger partial charge is 0.444 e. The second-order valence-corrected chi connectivity index (χ2v) is 13.2. The molecule has 5 nitrogen and oxygen atoms in total. The standard InChI is InChI=1S/C15H32N2O3Si/c1-14(2,3)19-13(18)17-9-11(16)12(10-17)20-21(7,8)15(4,5)6/h11-12H,9-10,16H2,1-8H3. The van der Waals surface area contributed by atoms with E-state index in [1.54, 1.807) is 4.90 Å². The molecule has 1 heterocycles. The van der Waals surface area contributed by atoms with Gasteiger partial charge < -0.3 is 19.8 Å². The molecule has 21 heavy (non-hydrogen) atoms. The van der Waals surface area contributed by atoms with Crippen LogP contribution in [0.25, 0.3) is 0 Å². The first-order valence-electron chi connectivity index (χ1n) is 7.64. The van der Waals surface area contributed by atoms with Gasteiger partial charge in [-0.15, -0.1) is 0 Å². The van der Waals surface area contributed by atoms with Crippen molar-refractivity contribution in [2.24, 2.45) is 5.73 Å². The molecule has 1 aliphatic heterocycles. The normalized spacial score (nSPS) is 24.3. The van der Waals surface area contributed by atoms with Crippen molar-refractivity contribution in [3.63, 3.8) is 0 Å². The van der Waals surface area contributed by atoms with Gasteiger partial charge in [-0.25, -0.2) is 4.79 Å². The van der Waals surface area contributed by atoms with E-state index < -0.39 is 13.9 Å². The van der Waals surface area contributed by atoms with Crippen LogP contribution in [-0.2, 0) is 9.16 Å². The van der Waals surface area contributed by atoms with E-state index in [0.29, 0.717) is 13.1 Å². The van der Waals surface area contributed by atoms with E-state index in [9.17, 15) is 4.79 Å². The Hall–Kier alpha value is -0.593. The molecule has 1 amide bonds. The Morgan fingerprint density at radius 1 is 1.14 bits per heavy atom. The average molecular weight is 317 g/mol. The second kappa shape index (κ2) is 5.89. The Morgan fingerprint density at radius 3 is 2.10 bits per heavy atom. The molecule has 0 spiro atoms. The zero-order valence-electron chi connectivity index (χ0n) is 14.8. The molecule has 0 saturated carbocycles. The topological polar surface area (TPSA) is 64.8 Å². The Kier molecular flexibility index (Phi) is 5.18. The molecule has 0 bridgehead atoms. The van der Waals surface area contributed by atoms with Crippen molar-refractivity contribution in [1.82, 2.24) is 4.90 Å². The lowest BCUT2D eigenvalue weighted by Gasteiger charge is -2.39. The van der Waals surface area contributed by atoms with Gasteiger partial charge in [-0.05, 0) is 38.9 Å². The van der Waals surface area contributed by atoms with Crippen molar-refractivity contribution < 1.29 is 14.0 Å². The van der Waals surface area contributed by atoms with Gasteiger partial charge in [0, 0.05) is 12.6 Å². The Morgan fingerprint density at radius 2 is 1.67 bits per heavy atom. The second-order valence-electron chi connectivity index (χ2n) is 8.47. The van der Waals surface area contributed by atoms with Crippen molar-refractivity contribution >= 4 is 14.4 Å². The summed E-state index contributed by atoms with van der Waals surface area (Å²) in [6, 6.07) is -0.147. The minimum absolute atomic E-state index is 0.0987. The number of ether oxygens (including phenoxy) is 1. The van der Waals surface area contributed by atoms with Crippen LogP contribution >= 0.6 is 0 Å². The van der Waals surface area contributed by atoms with Crippen LogP contribution in [0.2, 0.25) is 18.1 Å². The summed E-state index contributed by atoms with van der Waals surface area (Å²) in [5, 5.41) is 0.131. The minimum Gasteiger partial charge on any atom is -0.444 e. The summed E-state index contributed by atoms with van der Waals surface area (Å²) >= 11 is 0. The van der Waals surface area contributed by atoms with Crippen LogP contribution in [0.5, 0.6) is 0 Å². The molecular weight excluding hydrogens is 284 g/mol. The van der Waals surface area contributed by atoms with Crippen LogP contribution in [0.1, 0.15) is 41.5 Å². The summed E-state index contributed by atoms with van der Waals surface area (Å²) in [5.74, 6) is 0. The number of nitrogens with two attached hydrogens (primary N) is 1. The maximum atomic E-state index is 12.1. The smallest absolute Gasteiger partial charge is 0.410 e. The van der Waals surface area contributed by atoms with E-state index in [1.165, 1.54) is 0 Å². The number of carbonyl (C=O) groups excluding carboxylic acids is 1. The Balaban J connectivity index is 2.67. The van der Waals surface area contributed by atoms with Crippen LogP contribution < -0.4 is 5.73 Å². The van der Waals surface area contributed by atoms with Crippen LogP contribution in [0.15, 0.2) is 0 Å². The average Bonchev–Trinajstić information content (AvgIpc) is 2.55. The van der Waals surface area contributed by atoms with Gasteiger partial charge in [0.1, 0.15) is 5.60 Å². The van der Waals surface area contributed by atoms with Crippen LogP contribution in [0, 0.1) is 0 Å². The first-order chi connectivity index (χ1) is 9.23. The summed E-state index contributed by atoms with van der Waals surface area (Å²) in [7, 11) is -1.88. The van der Waals surface area contributed by atoms with Crippen molar-refractivity contribution in [3.05, 3.63) is 0 Å². The molecule has 0 aromatic carbocycles. The number of nitrogens with zero attached hydrogens (tertiary/aromatic N) is 1. The minimum atomic E-state index is -1.88. The number of rotatable bonds is 2. The molecule has 1 rings (SSSR count). The zero-order valence-corrected chi connectivity index (χ0v) is 15.8. The third kappa shape index (κ3) is 4.97. The molecule has 1 fully saturated rings. The molecule has 2 unspecified atom stereocenters. The summed E-state index contributed by atoms with van der Waals surface area (Å²) in [6.45, 7) is 17.6. The first kappa shape index (κ1) is 18.5. The fraction of sp³-hybridized carbons (Fsp3) is 0.933. The predicted molar refractivity (Wildman–Crippen MR) is 87.9 cm³/mol. The highest BCUT2D eigenvalue weighted by molar-refractivity contribution is 6.74. The van der Waals surface area contributed by atoms with Gasteiger partial charge in [-0.2, -0.15) is 0 Å². The molecule has 124 valence electrons. The molecule has 1 aliphatic rings. The van der Waals surface area contributed by atoms with E-state index in [0.717, 1.165) is 0 Å². The van der Waals surface area contributed by atoms with Gasteiger partial charge in [-0.3, -0.25) is 0 Å². The lowest BCUT2D eigenvalue weighted by molar-refractivity contribution is 0.0272. The molecule has 6 heteroatoms. The first-order valence-corrected chi connectivity index (χ1v) is 10.5. The van der Waals surface area contributed by atoms with Crippen molar-refractivity contribution in [1.29, 1.82) is 0 Å². The fourth-order valence-corrected chi connectivity index (χ4v) is 3.31. The summed E-state index contributed by atoms with van der Waals surface area (Å²) in [6.07, 6.45) is -0.405. The molecule has 2 atom stereocenters. The molecular formula is C15H32N2O3Si. The number of hydrogen-bond donors (Lipinski definition) is 1. The maximum absolute atomic E-state index is 12.1. The van der Waals surface area contributed by atoms with Gasteiger partial charge in [-0.1, -0.05) is 20.8 Å². The van der Waals surface area contributed by atoms with E-state index in [2.05, 4.69) is 33.9 Å². The SMILES string of the molecule is CC(C)(C)OC(=O)N1CC(N)C(O[Si](C)(C)C(C)(C)C)C1. The third-order valence-corrected chi connectivity index (χ3v) is 8.72. The highest BCUT2D eigenvalue weighted by Gasteiger charge is 2.44. The Labute approximate surface area is 130 Å². The van der Waals surface area contributed by atoms with Crippen molar-refractivity contribution in [3.8, 4) is 0 Å². The highest BCUT2D eigenvalue weighted by Crippen LogP contribution is 2.38. The van der Waals surface area contributed by atoms with Crippen molar-refractivity contribution in [2.75, 3.05) is 13.1 Å². The van der Waals surface area contributed by atoms with Crippen LogP contribution in [-0.4, -0.2) is 50.1 Å². The number of hydrogen-bond acceptors (Lipinski definition) is 4. The molecule has 0 aliphatic carbocycles. The molecule has 0 aromatic heterocycles. The van der Waals surface area contributed by atoms with E-state index >= 15 is 0 Å². The number of amides is 1. The lowest BCUT2D eigenvalue weighted by Crippen LogP contribution is -2.48. The van der Waals surface area contributed by atoms with Crippen LogP contribution in [0.3, 0.4) is 0 Å². The highest BCUT2D eigenvalue weighted by atomic mass is 28.4. The van der Waals surface area contributed by atoms with Crippen molar-refractivity contribution in [2.45, 2.75) is 77.4 Å². The van der Waals surface area contributed by atoms with E-state index in [4.69, 9.17) is 14.9 Å². The summed E-state index contributed by atoms with van der Waals surface area (Å²) in [5.41, 5.74) is 5.68. The van der Waals surface area contributed by atoms with Gasteiger partial charge in [0.05, 0.1) is 12.6 Å². The van der Waals surface area contributed by atoms with Crippen LogP contribution in [0.4, 0.5) is 4.79 Å².